The number of methoxy groups -OCH3 is 1. The van der Waals surface area contributed by atoms with Crippen molar-refractivity contribution in [3.8, 4) is 11.5 Å². The van der Waals surface area contributed by atoms with Crippen LogP contribution in [0.4, 0.5) is 0 Å². The van der Waals surface area contributed by atoms with E-state index in [1.165, 1.54) is 7.11 Å². The van der Waals surface area contributed by atoms with Crippen LogP contribution in [-0.4, -0.2) is 32.3 Å². The monoisotopic (exact) mass is 343 g/mol. The Bertz CT molecular complexity index is 492. The summed E-state index contributed by atoms with van der Waals surface area (Å²) >= 11 is 3.49. The lowest BCUT2D eigenvalue weighted by molar-refractivity contribution is -0.142. The zero-order chi connectivity index (χ0) is 14.5. The molecule has 0 fully saturated rings. The zero-order valence-corrected chi connectivity index (χ0v) is 13.2. The average Bonchev–Trinajstić information content (AvgIpc) is 2.69. The summed E-state index contributed by atoms with van der Waals surface area (Å²) in [5.74, 6) is 1.20. The second-order valence-corrected chi connectivity index (χ2v) is 5.44. The molecule has 1 unspecified atom stereocenters. The molecule has 5 nitrogen and oxygen atoms in total. The molecule has 0 bridgehead atoms. The molecule has 2 rings (SSSR count). The molecule has 1 aromatic rings. The normalized spacial score (nSPS) is 15.3. The first-order chi connectivity index (χ1) is 9.61. The quantitative estimate of drug-likeness (QED) is 0.850. The van der Waals surface area contributed by atoms with E-state index < -0.39 is 0 Å². The molecule has 0 aromatic heterocycles. The number of rotatable bonds is 4. The van der Waals surface area contributed by atoms with Crippen molar-refractivity contribution in [2.45, 2.75) is 25.9 Å². The van der Waals surface area contributed by atoms with E-state index in [9.17, 15) is 4.79 Å². The molecule has 1 heterocycles. The summed E-state index contributed by atoms with van der Waals surface area (Å²) in [5, 5.41) is 3.11. The summed E-state index contributed by atoms with van der Waals surface area (Å²) < 4.78 is 16.9. The van der Waals surface area contributed by atoms with Gasteiger partial charge in [0, 0.05) is 13.0 Å². The molecule has 0 aliphatic carbocycles. The van der Waals surface area contributed by atoms with Crippen LogP contribution < -0.4 is 14.8 Å². The van der Waals surface area contributed by atoms with Gasteiger partial charge < -0.3 is 19.5 Å². The second-order valence-electron chi connectivity index (χ2n) is 4.58. The van der Waals surface area contributed by atoms with E-state index >= 15 is 0 Å². The second kappa shape index (κ2) is 6.95. The largest absolute Gasteiger partial charge is 0.490 e. The highest BCUT2D eigenvalue weighted by atomic mass is 79.9. The summed E-state index contributed by atoms with van der Waals surface area (Å²) in [6, 6.07) is 3.54. The number of esters is 1. The summed E-state index contributed by atoms with van der Waals surface area (Å²) in [5.41, 5.74) is 1.01. The Morgan fingerprint density at radius 2 is 2.20 bits per heavy atom. The Kier molecular flexibility index (Phi) is 5.25. The van der Waals surface area contributed by atoms with Crippen molar-refractivity contribution in [3.05, 3.63) is 22.2 Å². The number of hydrogen-bond donors (Lipinski definition) is 1. The SMILES string of the molecule is COC(=O)C(C)NCc1cc(Br)c2c(c1)OCCCO2. The summed E-state index contributed by atoms with van der Waals surface area (Å²) in [4.78, 5) is 11.3. The van der Waals surface area contributed by atoms with Gasteiger partial charge in [0.1, 0.15) is 6.04 Å². The lowest BCUT2D eigenvalue weighted by atomic mass is 10.2. The number of fused-ring (bicyclic) bond motifs is 1. The third-order valence-corrected chi connectivity index (χ3v) is 3.62. The standard InChI is InChI=1S/C14H18BrNO4/c1-9(14(17)18-2)16-8-10-6-11(15)13-12(7-10)19-4-3-5-20-13/h6-7,9,16H,3-5,8H2,1-2H3. The van der Waals surface area contributed by atoms with Gasteiger partial charge in [-0.15, -0.1) is 0 Å². The third kappa shape index (κ3) is 3.64. The molecule has 0 radical (unpaired) electrons. The minimum Gasteiger partial charge on any atom is -0.490 e. The summed E-state index contributed by atoms with van der Waals surface area (Å²) in [6.45, 7) is 3.62. The van der Waals surface area contributed by atoms with E-state index in [1.807, 2.05) is 12.1 Å². The van der Waals surface area contributed by atoms with E-state index in [0.717, 1.165) is 28.0 Å². The van der Waals surface area contributed by atoms with Gasteiger partial charge in [-0.05, 0) is 40.5 Å². The first kappa shape index (κ1) is 15.1. The lowest BCUT2D eigenvalue weighted by Gasteiger charge is -2.14. The Balaban J connectivity index is 2.08. The Hall–Kier alpha value is -1.27. The van der Waals surface area contributed by atoms with Crippen LogP contribution in [0.2, 0.25) is 0 Å². The fourth-order valence-corrected chi connectivity index (χ4v) is 2.52. The van der Waals surface area contributed by atoms with E-state index in [-0.39, 0.29) is 12.0 Å². The number of nitrogens with one attached hydrogen (secondary N) is 1. The third-order valence-electron chi connectivity index (χ3n) is 3.03. The predicted molar refractivity (Wildman–Crippen MR) is 78.1 cm³/mol. The highest BCUT2D eigenvalue weighted by Gasteiger charge is 2.16. The number of carbonyl (C=O) groups excluding carboxylic acids is 1. The van der Waals surface area contributed by atoms with Crippen LogP contribution in [0.25, 0.3) is 0 Å². The fraction of sp³-hybridized carbons (Fsp3) is 0.500. The van der Waals surface area contributed by atoms with Gasteiger partial charge >= 0.3 is 5.97 Å². The lowest BCUT2D eigenvalue weighted by Crippen LogP contribution is -2.34. The van der Waals surface area contributed by atoms with Gasteiger partial charge in [0.25, 0.3) is 0 Å². The smallest absolute Gasteiger partial charge is 0.322 e. The van der Waals surface area contributed by atoms with Crippen LogP contribution in [0.3, 0.4) is 0 Å². The van der Waals surface area contributed by atoms with E-state index in [4.69, 9.17) is 9.47 Å². The summed E-state index contributed by atoms with van der Waals surface area (Å²) in [7, 11) is 1.38. The number of carbonyl (C=O) groups is 1. The molecule has 6 heteroatoms. The van der Waals surface area contributed by atoms with Crippen LogP contribution in [0.15, 0.2) is 16.6 Å². The number of benzene rings is 1. The van der Waals surface area contributed by atoms with E-state index in [0.29, 0.717) is 19.8 Å². The molecule has 1 aromatic carbocycles. The first-order valence-electron chi connectivity index (χ1n) is 6.51. The molecule has 1 aliphatic heterocycles. The minimum absolute atomic E-state index is 0.279. The van der Waals surface area contributed by atoms with Crippen LogP contribution in [-0.2, 0) is 16.1 Å². The van der Waals surface area contributed by atoms with Gasteiger partial charge in [-0.25, -0.2) is 0 Å². The molecular weight excluding hydrogens is 326 g/mol. The highest BCUT2D eigenvalue weighted by molar-refractivity contribution is 9.10. The van der Waals surface area contributed by atoms with Crippen LogP contribution >= 0.6 is 15.9 Å². The number of hydrogen-bond acceptors (Lipinski definition) is 5. The Morgan fingerprint density at radius 3 is 2.95 bits per heavy atom. The Labute approximate surface area is 126 Å². The first-order valence-corrected chi connectivity index (χ1v) is 7.30. The molecule has 0 saturated carbocycles. The molecule has 0 amide bonds. The van der Waals surface area contributed by atoms with Crippen molar-refractivity contribution < 1.29 is 19.0 Å². The van der Waals surface area contributed by atoms with Gasteiger partial charge in [0.2, 0.25) is 0 Å². The van der Waals surface area contributed by atoms with Crippen LogP contribution in [0.5, 0.6) is 11.5 Å². The topological polar surface area (TPSA) is 56.8 Å². The van der Waals surface area contributed by atoms with Crippen molar-refractivity contribution in [2.75, 3.05) is 20.3 Å². The number of halogens is 1. The fourth-order valence-electron chi connectivity index (χ4n) is 1.92. The van der Waals surface area contributed by atoms with Crippen molar-refractivity contribution in [1.29, 1.82) is 0 Å². The maximum absolute atomic E-state index is 11.3. The molecular formula is C14H18BrNO4. The van der Waals surface area contributed by atoms with Crippen molar-refractivity contribution in [3.63, 3.8) is 0 Å². The van der Waals surface area contributed by atoms with Gasteiger partial charge in [-0.1, -0.05) is 0 Å². The highest BCUT2D eigenvalue weighted by Crippen LogP contribution is 2.38. The van der Waals surface area contributed by atoms with E-state index in [1.54, 1.807) is 6.92 Å². The maximum atomic E-state index is 11.3. The van der Waals surface area contributed by atoms with E-state index in [2.05, 4.69) is 26.0 Å². The molecule has 1 atom stereocenters. The summed E-state index contributed by atoms with van der Waals surface area (Å²) in [6.07, 6.45) is 0.869. The van der Waals surface area contributed by atoms with Gasteiger partial charge in [-0.3, -0.25) is 4.79 Å². The van der Waals surface area contributed by atoms with Gasteiger partial charge in [0.15, 0.2) is 11.5 Å². The van der Waals surface area contributed by atoms with Crippen molar-refractivity contribution in [1.82, 2.24) is 5.32 Å². The average molecular weight is 344 g/mol. The van der Waals surface area contributed by atoms with Gasteiger partial charge in [-0.2, -0.15) is 0 Å². The van der Waals surface area contributed by atoms with Crippen molar-refractivity contribution >= 4 is 21.9 Å². The molecule has 110 valence electrons. The number of ether oxygens (including phenoxy) is 3. The minimum atomic E-state index is -0.352. The zero-order valence-electron chi connectivity index (χ0n) is 11.6. The Morgan fingerprint density at radius 1 is 1.45 bits per heavy atom. The predicted octanol–water partition coefficient (Wildman–Crippen LogP) is 2.26. The molecule has 0 spiro atoms. The van der Waals surface area contributed by atoms with Crippen molar-refractivity contribution in [2.24, 2.45) is 0 Å². The van der Waals surface area contributed by atoms with Crippen LogP contribution in [0.1, 0.15) is 18.9 Å². The van der Waals surface area contributed by atoms with Gasteiger partial charge in [0.05, 0.1) is 24.8 Å². The molecule has 20 heavy (non-hydrogen) atoms. The maximum Gasteiger partial charge on any atom is 0.322 e. The van der Waals surface area contributed by atoms with Crippen LogP contribution in [0, 0.1) is 0 Å². The molecule has 1 N–H and O–H groups in total. The molecule has 1 aliphatic rings. The molecule has 0 saturated heterocycles.